The van der Waals surface area contributed by atoms with Crippen molar-refractivity contribution in [1.82, 2.24) is 10.3 Å². The van der Waals surface area contributed by atoms with E-state index in [1.54, 1.807) is 0 Å². The van der Waals surface area contributed by atoms with Crippen LogP contribution in [0.4, 0.5) is 5.82 Å². The van der Waals surface area contributed by atoms with E-state index in [0.29, 0.717) is 0 Å². The van der Waals surface area contributed by atoms with Gasteiger partial charge in [-0.25, -0.2) is 4.98 Å². The number of nitrogens with zero attached hydrogens (tertiary/aromatic N) is 2. The van der Waals surface area contributed by atoms with Crippen LogP contribution in [-0.4, -0.2) is 37.8 Å². The molecule has 1 heterocycles. The Morgan fingerprint density at radius 3 is 2.70 bits per heavy atom. The summed E-state index contributed by atoms with van der Waals surface area (Å²) in [5, 5.41) is 3.44. The lowest BCUT2D eigenvalue weighted by molar-refractivity contribution is 0.154. The zero-order valence-electron chi connectivity index (χ0n) is 13.4. The first-order valence-electron chi connectivity index (χ1n) is 7.72. The SMILES string of the molecule is CCCNCc1cc(C)nc(N(CC)CCOCC)c1. The van der Waals surface area contributed by atoms with E-state index < -0.39 is 0 Å². The van der Waals surface area contributed by atoms with Gasteiger partial charge in [-0.15, -0.1) is 0 Å². The van der Waals surface area contributed by atoms with Gasteiger partial charge >= 0.3 is 0 Å². The van der Waals surface area contributed by atoms with Crippen LogP contribution in [-0.2, 0) is 11.3 Å². The lowest BCUT2D eigenvalue weighted by Crippen LogP contribution is -2.28. The number of hydrogen-bond donors (Lipinski definition) is 1. The number of aryl methyl sites for hydroxylation is 1. The van der Waals surface area contributed by atoms with Crippen LogP contribution in [0.1, 0.15) is 38.4 Å². The molecule has 4 nitrogen and oxygen atoms in total. The molecule has 20 heavy (non-hydrogen) atoms. The summed E-state index contributed by atoms with van der Waals surface area (Å²) in [7, 11) is 0. The molecule has 0 bridgehead atoms. The average Bonchev–Trinajstić information content (AvgIpc) is 2.43. The number of ether oxygens (including phenoxy) is 1. The zero-order chi connectivity index (χ0) is 14.8. The molecule has 0 aliphatic carbocycles. The Hall–Kier alpha value is -1.13. The normalized spacial score (nSPS) is 10.8. The Morgan fingerprint density at radius 2 is 2.05 bits per heavy atom. The molecule has 1 N–H and O–H groups in total. The van der Waals surface area contributed by atoms with Gasteiger partial charge in [-0.1, -0.05) is 6.92 Å². The van der Waals surface area contributed by atoms with Gasteiger partial charge in [0, 0.05) is 31.9 Å². The van der Waals surface area contributed by atoms with Gasteiger partial charge in [0.25, 0.3) is 0 Å². The lowest BCUT2D eigenvalue weighted by Gasteiger charge is -2.23. The lowest BCUT2D eigenvalue weighted by atomic mass is 10.2. The van der Waals surface area contributed by atoms with Crippen LogP contribution in [0.2, 0.25) is 0 Å². The van der Waals surface area contributed by atoms with Gasteiger partial charge in [0.05, 0.1) is 6.61 Å². The molecule has 0 fully saturated rings. The third-order valence-corrected chi connectivity index (χ3v) is 3.17. The number of likely N-dealkylation sites (N-methyl/N-ethyl adjacent to an activating group) is 1. The summed E-state index contributed by atoms with van der Waals surface area (Å²) in [6.45, 7) is 13.8. The van der Waals surface area contributed by atoms with Crippen LogP contribution < -0.4 is 10.2 Å². The second-order valence-corrected chi connectivity index (χ2v) is 4.93. The van der Waals surface area contributed by atoms with Crippen molar-refractivity contribution in [2.75, 3.05) is 37.7 Å². The Bertz CT molecular complexity index is 382. The Labute approximate surface area is 123 Å². The van der Waals surface area contributed by atoms with Crippen LogP contribution in [0.15, 0.2) is 12.1 Å². The van der Waals surface area contributed by atoms with Crippen LogP contribution in [0, 0.1) is 6.92 Å². The number of pyridine rings is 1. The summed E-state index contributed by atoms with van der Waals surface area (Å²) in [4.78, 5) is 6.92. The molecule has 1 rings (SSSR count). The second-order valence-electron chi connectivity index (χ2n) is 4.93. The highest BCUT2D eigenvalue weighted by atomic mass is 16.5. The van der Waals surface area contributed by atoms with Crippen molar-refractivity contribution in [3.63, 3.8) is 0 Å². The standard InChI is InChI=1S/C16H29N3O/c1-5-8-17-13-15-11-14(4)18-16(12-15)19(6-2)9-10-20-7-3/h11-12,17H,5-10,13H2,1-4H3. The van der Waals surface area contributed by atoms with E-state index in [4.69, 9.17) is 4.74 Å². The monoisotopic (exact) mass is 279 g/mol. The third-order valence-electron chi connectivity index (χ3n) is 3.17. The van der Waals surface area contributed by atoms with Crippen molar-refractivity contribution in [3.05, 3.63) is 23.4 Å². The number of anilines is 1. The predicted octanol–water partition coefficient (Wildman–Crippen LogP) is 2.75. The maximum Gasteiger partial charge on any atom is 0.129 e. The molecular formula is C16H29N3O. The first-order valence-corrected chi connectivity index (χ1v) is 7.72. The van der Waals surface area contributed by atoms with E-state index in [0.717, 1.165) is 57.3 Å². The van der Waals surface area contributed by atoms with Gasteiger partial charge in [-0.3, -0.25) is 0 Å². The largest absolute Gasteiger partial charge is 0.380 e. The molecule has 0 saturated carbocycles. The van der Waals surface area contributed by atoms with Crippen LogP contribution in [0.25, 0.3) is 0 Å². The van der Waals surface area contributed by atoms with Crippen molar-refractivity contribution >= 4 is 5.82 Å². The maximum atomic E-state index is 5.45. The van der Waals surface area contributed by atoms with Gasteiger partial charge in [0.15, 0.2) is 0 Å². The molecule has 4 heteroatoms. The molecule has 0 spiro atoms. The first kappa shape index (κ1) is 16.9. The smallest absolute Gasteiger partial charge is 0.129 e. The molecule has 0 amide bonds. The molecule has 0 radical (unpaired) electrons. The fourth-order valence-corrected chi connectivity index (χ4v) is 2.15. The molecule has 0 aromatic carbocycles. The quantitative estimate of drug-likeness (QED) is 0.668. The van der Waals surface area contributed by atoms with Crippen molar-refractivity contribution in [2.45, 2.75) is 40.7 Å². The highest BCUT2D eigenvalue weighted by Crippen LogP contribution is 2.15. The van der Waals surface area contributed by atoms with Crippen molar-refractivity contribution in [1.29, 1.82) is 0 Å². The van der Waals surface area contributed by atoms with Crippen LogP contribution >= 0.6 is 0 Å². The molecule has 0 atom stereocenters. The number of aromatic nitrogens is 1. The maximum absolute atomic E-state index is 5.45. The molecule has 0 unspecified atom stereocenters. The van der Waals surface area contributed by atoms with Gasteiger partial charge in [-0.2, -0.15) is 0 Å². The minimum atomic E-state index is 0.753. The van der Waals surface area contributed by atoms with Crippen LogP contribution in [0.3, 0.4) is 0 Å². The summed E-state index contributed by atoms with van der Waals surface area (Å²) >= 11 is 0. The van der Waals surface area contributed by atoms with Crippen LogP contribution in [0.5, 0.6) is 0 Å². The minimum absolute atomic E-state index is 0.753. The van der Waals surface area contributed by atoms with Crippen molar-refractivity contribution in [3.8, 4) is 0 Å². The fourth-order valence-electron chi connectivity index (χ4n) is 2.15. The average molecular weight is 279 g/mol. The van der Waals surface area contributed by atoms with E-state index in [2.05, 4.69) is 48.1 Å². The summed E-state index contributed by atoms with van der Waals surface area (Å²) in [5.41, 5.74) is 2.38. The molecule has 0 aliphatic heterocycles. The zero-order valence-corrected chi connectivity index (χ0v) is 13.4. The third kappa shape index (κ3) is 5.88. The highest BCUT2D eigenvalue weighted by Gasteiger charge is 2.08. The van der Waals surface area contributed by atoms with E-state index in [1.807, 2.05) is 6.92 Å². The van der Waals surface area contributed by atoms with Gasteiger partial charge in [-0.05, 0) is 51.4 Å². The van der Waals surface area contributed by atoms with E-state index in [1.165, 1.54) is 5.56 Å². The van der Waals surface area contributed by atoms with E-state index in [-0.39, 0.29) is 0 Å². The first-order chi connectivity index (χ1) is 9.71. The summed E-state index contributed by atoms with van der Waals surface area (Å²) < 4.78 is 5.45. The molecule has 114 valence electrons. The molecule has 0 aliphatic rings. The molecule has 1 aromatic rings. The van der Waals surface area contributed by atoms with Gasteiger partial charge < -0.3 is 15.0 Å². The number of rotatable bonds is 10. The van der Waals surface area contributed by atoms with Gasteiger partial charge in [0.1, 0.15) is 5.82 Å². The number of hydrogen-bond acceptors (Lipinski definition) is 4. The summed E-state index contributed by atoms with van der Waals surface area (Å²) in [6, 6.07) is 4.34. The topological polar surface area (TPSA) is 37.4 Å². The Morgan fingerprint density at radius 1 is 1.25 bits per heavy atom. The summed E-state index contributed by atoms with van der Waals surface area (Å²) in [5.74, 6) is 1.06. The molecule has 0 saturated heterocycles. The highest BCUT2D eigenvalue weighted by molar-refractivity contribution is 5.42. The van der Waals surface area contributed by atoms with Gasteiger partial charge in [0.2, 0.25) is 0 Å². The Balaban J connectivity index is 2.70. The molecule has 1 aromatic heterocycles. The fraction of sp³-hybridized carbons (Fsp3) is 0.688. The second kappa shape index (κ2) is 9.72. The summed E-state index contributed by atoms with van der Waals surface area (Å²) in [6.07, 6.45) is 1.16. The van der Waals surface area contributed by atoms with Crippen molar-refractivity contribution < 1.29 is 4.74 Å². The Kier molecular flexibility index (Phi) is 8.23. The van der Waals surface area contributed by atoms with E-state index in [9.17, 15) is 0 Å². The molecular weight excluding hydrogens is 250 g/mol. The number of nitrogens with one attached hydrogen (secondary N) is 1. The van der Waals surface area contributed by atoms with Crippen molar-refractivity contribution in [2.24, 2.45) is 0 Å². The predicted molar refractivity (Wildman–Crippen MR) is 85.4 cm³/mol. The minimum Gasteiger partial charge on any atom is -0.380 e. The van der Waals surface area contributed by atoms with E-state index >= 15 is 0 Å².